The largest absolute Gasteiger partial charge is 0.434 e. The zero-order valence-corrected chi connectivity index (χ0v) is 15.6. The second kappa shape index (κ2) is 8.92. The first-order valence-corrected chi connectivity index (χ1v) is 9.58. The summed E-state index contributed by atoms with van der Waals surface area (Å²) in [7, 11) is -2.17. The highest BCUT2D eigenvalue weighted by Crippen LogP contribution is 2.27. The van der Waals surface area contributed by atoms with Gasteiger partial charge in [-0.1, -0.05) is 18.2 Å². The second-order valence-electron chi connectivity index (χ2n) is 5.71. The van der Waals surface area contributed by atoms with Crippen LogP contribution in [0.5, 0.6) is 5.75 Å². The van der Waals surface area contributed by atoms with Crippen LogP contribution in [-0.2, 0) is 21.2 Å². The van der Waals surface area contributed by atoms with Gasteiger partial charge in [0.05, 0.1) is 4.90 Å². The molecule has 0 saturated carbocycles. The van der Waals surface area contributed by atoms with E-state index in [0.717, 1.165) is 5.56 Å². The minimum atomic E-state index is -3.50. The number of hydrogen-bond donors (Lipinski definition) is 2. The third kappa shape index (κ3) is 5.73. The molecular formula is C18H20F2N2O4S. The Morgan fingerprint density at radius 2 is 1.81 bits per heavy atom. The lowest BCUT2D eigenvalue weighted by Gasteiger charge is -2.13. The SMILES string of the molecule is CNS(=O)(=O)c1ccc(CCC(=O)Nc2cccc(OC(F)F)c2C)cc1. The first-order valence-electron chi connectivity index (χ1n) is 8.09. The number of carbonyl (C=O) groups excluding carboxylic acids is 1. The van der Waals surface area contributed by atoms with Crippen molar-refractivity contribution < 1.29 is 26.7 Å². The lowest BCUT2D eigenvalue weighted by molar-refractivity contribution is -0.116. The summed E-state index contributed by atoms with van der Waals surface area (Å²) in [5.41, 5.74) is 1.60. The Hall–Kier alpha value is -2.52. The van der Waals surface area contributed by atoms with E-state index in [1.54, 1.807) is 25.1 Å². The third-order valence-electron chi connectivity index (χ3n) is 3.92. The van der Waals surface area contributed by atoms with Crippen molar-refractivity contribution in [2.24, 2.45) is 0 Å². The molecule has 2 rings (SSSR count). The number of benzene rings is 2. The van der Waals surface area contributed by atoms with Crippen molar-refractivity contribution in [3.63, 3.8) is 0 Å². The molecule has 0 fully saturated rings. The Balaban J connectivity index is 1.97. The Kier molecular flexibility index (Phi) is 6.86. The first kappa shape index (κ1) is 20.8. The molecule has 0 aliphatic rings. The number of ether oxygens (including phenoxy) is 1. The maximum atomic E-state index is 12.4. The monoisotopic (exact) mass is 398 g/mol. The maximum Gasteiger partial charge on any atom is 0.387 e. The smallest absolute Gasteiger partial charge is 0.387 e. The Labute approximate surface area is 156 Å². The molecule has 0 aliphatic carbocycles. The highest BCUT2D eigenvalue weighted by Gasteiger charge is 2.13. The summed E-state index contributed by atoms with van der Waals surface area (Å²) in [6, 6.07) is 10.7. The molecule has 9 heteroatoms. The van der Waals surface area contributed by atoms with Gasteiger partial charge >= 0.3 is 6.61 Å². The zero-order chi connectivity index (χ0) is 20.0. The van der Waals surface area contributed by atoms with E-state index < -0.39 is 16.6 Å². The van der Waals surface area contributed by atoms with E-state index in [0.29, 0.717) is 17.7 Å². The van der Waals surface area contributed by atoms with Crippen LogP contribution in [0.25, 0.3) is 0 Å². The molecule has 146 valence electrons. The lowest BCUT2D eigenvalue weighted by Crippen LogP contribution is -2.18. The van der Waals surface area contributed by atoms with Crippen LogP contribution in [0, 0.1) is 6.92 Å². The molecular weight excluding hydrogens is 378 g/mol. The number of rotatable bonds is 8. The van der Waals surface area contributed by atoms with Crippen molar-refractivity contribution in [3.05, 3.63) is 53.6 Å². The van der Waals surface area contributed by atoms with E-state index in [4.69, 9.17) is 0 Å². The van der Waals surface area contributed by atoms with Crippen LogP contribution in [0.2, 0.25) is 0 Å². The fourth-order valence-electron chi connectivity index (χ4n) is 2.40. The summed E-state index contributed by atoms with van der Waals surface area (Å²) < 4.78 is 54.7. The van der Waals surface area contributed by atoms with E-state index in [9.17, 15) is 22.0 Å². The molecule has 0 radical (unpaired) electrons. The molecule has 27 heavy (non-hydrogen) atoms. The number of aryl methyl sites for hydroxylation is 1. The van der Waals surface area contributed by atoms with E-state index in [-0.39, 0.29) is 23.0 Å². The number of amides is 1. The highest BCUT2D eigenvalue weighted by molar-refractivity contribution is 7.89. The number of anilines is 1. The Morgan fingerprint density at radius 3 is 2.41 bits per heavy atom. The molecule has 0 atom stereocenters. The van der Waals surface area contributed by atoms with Gasteiger partial charge in [-0.25, -0.2) is 13.1 Å². The average Bonchev–Trinajstić information content (AvgIpc) is 2.63. The van der Waals surface area contributed by atoms with Gasteiger partial charge in [0.2, 0.25) is 15.9 Å². The summed E-state index contributed by atoms with van der Waals surface area (Å²) in [4.78, 5) is 12.3. The van der Waals surface area contributed by atoms with E-state index >= 15 is 0 Å². The molecule has 0 unspecified atom stereocenters. The summed E-state index contributed by atoms with van der Waals surface area (Å²) in [6.07, 6.45) is 0.551. The zero-order valence-electron chi connectivity index (χ0n) is 14.8. The van der Waals surface area contributed by atoms with Crippen LogP contribution in [0.3, 0.4) is 0 Å². The normalized spacial score (nSPS) is 11.4. The molecule has 0 aliphatic heterocycles. The van der Waals surface area contributed by atoms with Gasteiger partial charge in [0.15, 0.2) is 0 Å². The lowest BCUT2D eigenvalue weighted by atomic mass is 10.1. The minimum absolute atomic E-state index is 0.00383. The number of carbonyl (C=O) groups is 1. The third-order valence-corrected chi connectivity index (χ3v) is 5.35. The predicted octanol–water partition coefficient (Wildman–Crippen LogP) is 3.08. The molecule has 0 bridgehead atoms. The molecule has 2 N–H and O–H groups in total. The van der Waals surface area contributed by atoms with Gasteiger partial charge in [0, 0.05) is 17.7 Å². The summed E-state index contributed by atoms with van der Waals surface area (Å²) >= 11 is 0. The molecule has 2 aromatic carbocycles. The van der Waals surface area contributed by atoms with Gasteiger partial charge in [-0.2, -0.15) is 8.78 Å². The molecule has 6 nitrogen and oxygen atoms in total. The Morgan fingerprint density at radius 1 is 1.15 bits per heavy atom. The summed E-state index contributed by atoms with van der Waals surface area (Å²) in [5.74, 6) is -0.289. The van der Waals surface area contributed by atoms with E-state index in [2.05, 4.69) is 14.8 Å². The number of halogens is 2. The van der Waals surface area contributed by atoms with E-state index in [1.807, 2.05) is 0 Å². The molecule has 2 aromatic rings. The summed E-state index contributed by atoms with van der Waals surface area (Å²) in [5, 5.41) is 2.67. The topological polar surface area (TPSA) is 84.5 Å². The fraction of sp³-hybridized carbons (Fsp3) is 0.278. The van der Waals surface area contributed by atoms with Crippen LogP contribution >= 0.6 is 0 Å². The molecule has 0 spiro atoms. The van der Waals surface area contributed by atoms with Crippen molar-refractivity contribution in [1.82, 2.24) is 4.72 Å². The van der Waals surface area contributed by atoms with Gasteiger partial charge in [0.1, 0.15) is 5.75 Å². The van der Waals surface area contributed by atoms with Gasteiger partial charge in [0.25, 0.3) is 0 Å². The number of nitrogens with one attached hydrogen (secondary N) is 2. The highest BCUT2D eigenvalue weighted by atomic mass is 32.2. The number of sulfonamides is 1. The quantitative estimate of drug-likeness (QED) is 0.716. The number of alkyl halides is 2. The second-order valence-corrected chi connectivity index (χ2v) is 7.59. The van der Waals surface area contributed by atoms with E-state index in [1.165, 1.54) is 31.3 Å². The van der Waals surface area contributed by atoms with Crippen LogP contribution < -0.4 is 14.8 Å². The van der Waals surface area contributed by atoms with Crippen molar-refractivity contribution in [1.29, 1.82) is 0 Å². The van der Waals surface area contributed by atoms with Crippen molar-refractivity contribution >= 4 is 21.6 Å². The molecule has 0 saturated heterocycles. The van der Waals surface area contributed by atoms with Gasteiger partial charge < -0.3 is 10.1 Å². The van der Waals surface area contributed by atoms with Gasteiger partial charge in [-0.15, -0.1) is 0 Å². The first-order chi connectivity index (χ1) is 12.7. The maximum absolute atomic E-state index is 12.4. The van der Waals surface area contributed by atoms with Crippen LogP contribution in [-0.4, -0.2) is 28.0 Å². The van der Waals surface area contributed by atoms with Crippen molar-refractivity contribution in [2.45, 2.75) is 31.3 Å². The van der Waals surface area contributed by atoms with Gasteiger partial charge in [-0.3, -0.25) is 4.79 Å². The molecule has 0 aromatic heterocycles. The average molecular weight is 398 g/mol. The minimum Gasteiger partial charge on any atom is -0.434 e. The number of hydrogen-bond acceptors (Lipinski definition) is 4. The van der Waals surface area contributed by atoms with Gasteiger partial charge in [-0.05, 0) is 50.2 Å². The van der Waals surface area contributed by atoms with Crippen molar-refractivity contribution in [2.75, 3.05) is 12.4 Å². The van der Waals surface area contributed by atoms with Crippen LogP contribution in [0.15, 0.2) is 47.4 Å². The Bertz CT molecular complexity index is 900. The van der Waals surface area contributed by atoms with Crippen LogP contribution in [0.1, 0.15) is 17.5 Å². The van der Waals surface area contributed by atoms with Crippen LogP contribution in [0.4, 0.5) is 14.5 Å². The molecule has 0 heterocycles. The fourth-order valence-corrected chi connectivity index (χ4v) is 3.13. The predicted molar refractivity (Wildman–Crippen MR) is 97.4 cm³/mol. The summed E-state index contributed by atoms with van der Waals surface area (Å²) in [6.45, 7) is -1.36. The molecule has 1 amide bonds. The standard InChI is InChI=1S/C18H20F2N2O4S/c1-12-15(4-3-5-16(12)26-18(19)20)22-17(23)11-8-13-6-9-14(10-7-13)27(24,25)21-2/h3-7,9-10,18,21H,8,11H2,1-2H3,(H,22,23). The van der Waals surface area contributed by atoms with Crippen molar-refractivity contribution in [3.8, 4) is 5.75 Å².